The highest BCUT2D eigenvalue weighted by molar-refractivity contribution is 6.30. The zero-order chi connectivity index (χ0) is 17.4. The number of hydrogen-bond acceptors (Lipinski definition) is 2. The fraction of sp³-hybridized carbons (Fsp3) is 0.650. The van der Waals surface area contributed by atoms with Gasteiger partial charge in [0.25, 0.3) is 0 Å². The Hall–Kier alpha value is -0.480. The number of unbranched alkanes of at least 4 members (excludes halogenated alkanes) is 1. The van der Waals surface area contributed by atoms with Gasteiger partial charge in [0.05, 0.1) is 5.92 Å². The number of piperidine rings is 1. The van der Waals surface area contributed by atoms with Gasteiger partial charge < -0.3 is 10.0 Å². The molecule has 1 saturated heterocycles. The van der Waals surface area contributed by atoms with Crippen LogP contribution in [0.3, 0.4) is 0 Å². The third-order valence-electron chi connectivity index (χ3n) is 5.19. The molecule has 0 saturated carbocycles. The number of carboxylic acids is 1. The molecular weight excluding hydrogens is 393 g/mol. The van der Waals surface area contributed by atoms with E-state index >= 15 is 0 Å². The van der Waals surface area contributed by atoms with E-state index in [4.69, 9.17) is 11.6 Å². The van der Waals surface area contributed by atoms with E-state index in [1.807, 2.05) is 12.1 Å². The number of carbonyl (C=O) groups is 1. The Labute approximate surface area is 175 Å². The summed E-state index contributed by atoms with van der Waals surface area (Å²) >= 11 is 5.94. The molecule has 0 aliphatic carbocycles. The Morgan fingerprint density at radius 2 is 1.81 bits per heavy atom. The number of halogens is 3. The molecule has 3 nitrogen and oxygen atoms in total. The van der Waals surface area contributed by atoms with Crippen molar-refractivity contribution in [1.82, 2.24) is 4.90 Å². The first-order valence-electron chi connectivity index (χ1n) is 9.28. The number of carboxylic acid groups (broad SMARTS) is 1. The number of hydrogen-bond donors (Lipinski definition) is 1. The Balaban J connectivity index is 0.00000312. The van der Waals surface area contributed by atoms with Crippen molar-refractivity contribution in [3.63, 3.8) is 0 Å². The van der Waals surface area contributed by atoms with Crippen molar-refractivity contribution in [1.29, 1.82) is 0 Å². The van der Waals surface area contributed by atoms with Gasteiger partial charge >= 0.3 is 5.97 Å². The molecule has 1 atom stereocenters. The molecule has 0 radical (unpaired) electrons. The second-order valence-electron chi connectivity index (χ2n) is 7.08. The molecule has 2 rings (SSSR count). The van der Waals surface area contributed by atoms with Gasteiger partial charge in [0.1, 0.15) is 0 Å². The Kier molecular flexibility index (Phi) is 13.4. The minimum atomic E-state index is -0.624. The fourth-order valence-electron chi connectivity index (χ4n) is 3.55. The first kappa shape index (κ1) is 25.5. The van der Waals surface area contributed by atoms with Crippen LogP contribution in [0.2, 0.25) is 5.02 Å². The molecule has 1 unspecified atom stereocenters. The van der Waals surface area contributed by atoms with Crippen LogP contribution in [-0.4, -0.2) is 35.6 Å². The average molecular weight is 425 g/mol. The van der Waals surface area contributed by atoms with Crippen molar-refractivity contribution in [2.45, 2.75) is 51.9 Å². The SMILES string of the molecule is CCCCC(CCN1CCC(Cc2ccc(Cl)cc2)CC1)C(=O)O.Cl.Cl. The van der Waals surface area contributed by atoms with Crippen LogP contribution in [0.25, 0.3) is 0 Å². The molecular formula is C20H32Cl3NO2. The summed E-state index contributed by atoms with van der Waals surface area (Å²) in [7, 11) is 0. The minimum absolute atomic E-state index is 0. The molecule has 0 amide bonds. The van der Waals surface area contributed by atoms with E-state index in [0.29, 0.717) is 0 Å². The van der Waals surface area contributed by atoms with Crippen LogP contribution in [0.4, 0.5) is 0 Å². The number of aliphatic carboxylic acids is 1. The highest BCUT2D eigenvalue weighted by atomic mass is 35.5. The molecule has 1 aromatic carbocycles. The zero-order valence-corrected chi connectivity index (χ0v) is 17.9. The van der Waals surface area contributed by atoms with Crippen molar-refractivity contribution in [3.8, 4) is 0 Å². The summed E-state index contributed by atoms with van der Waals surface area (Å²) < 4.78 is 0. The summed E-state index contributed by atoms with van der Waals surface area (Å²) in [5.41, 5.74) is 1.36. The maximum atomic E-state index is 11.3. The maximum absolute atomic E-state index is 11.3. The highest BCUT2D eigenvalue weighted by Gasteiger charge is 2.22. The van der Waals surface area contributed by atoms with Gasteiger partial charge in [-0.05, 0) is 75.4 Å². The van der Waals surface area contributed by atoms with Crippen LogP contribution in [0.15, 0.2) is 24.3 Å². The van der Waals surface area contributed by atoms with Crippen molar-refractivity contribution in [2.75, 3.05) is 19.6 Å². The number of nitrogens with zero attached hydrogens (tertiary/aromatic N) is 1. The van der Waals surface area contributed by atoms with Crippen LogP contribution in [-0.2, 0) is 11.2 Å². The van der Waals surface area contributed by atoms with E-state index in [9.17, 15) is 9.90 Å². The van der Waals surface area contributed by atoms with Crippen molar-refractivity contribution in [2.24, 2.45) is 11.8 Å². The van der Waals surface area contributed by atoms with Gasteiger partial charge in [-0.1, -0.05) is 43.5 Å². The lowest BCUT2D eigenvalue weighted by atomic mass is 9.90. The molecule has 1 aromatic rings. The van der Waals surface area contributed by atoms with Crippen LogP contribution in [0.1, 0.15) is 51.0 Å². The predicted octanol–water partition coefficient (Wildman–Crippen LogP) is 5.72. The third kappa shape index (κ3) is 8.94. The maximum Gasteiger partial charge on any atom is 0.306 e. The summed E-state index contributed by atoms with van der Waals surface area (Å²) in [5, 5.41) is 10.1. The summed E-state index contributed by atoms with van der Waals surface area (Å²) in [6, 6.07) is 8.18. The van der Waals surface area contributed by atoms with Gasteiger partial charge in [0, 0.05) is 5.02 Å². The second kappa shape index (κ2) is 13.7. The first-order chi connectivity index (χ1) is 11.6. The number of rotatable bonds is 9. The number of likely N-dealkylation sites (tertiary alicyclic amines) is 1. The summed E-state index contributed by atoms with van der Waals surface area (Å²) in [4.78, 5) is 13.8. The van der Waals surface area contributed by atoms with E-state index in [1.165, 1.54) is 18.4 Å². The minimum Gasteiger partial charge on any atom is -0.481 e. The van der Waals surface area contributed by atoms with E-state index in [0.717, 1.165) is 62.7 Å². The lowest BCUT2D eigenvalue weighted by Gasteiger charge is -2.32. The molecule has 26 heavy (non-hydrogen) atoms. The molecule has 0 spiro atoms. The van der Waals surface area contributed by atoms with Gasteiger partial charge in [-0.2, -0.15) is 0 Å². The van der Waals surface area contributed by atoms with E-state index in [1.54, 1.807) is 0 Å². The van der Waals surface area contributed by atoms with Gasteiger partial charge in [-0.25, -0.2) is 0 Å². The van der Waals surface area contributed by atoms with E-state index in [-0.39, 0.29) is 30.7 Å². The topological polar surface area (TPSA) is 40.5 Å². The van der Waals surface area contributed by atoms with Crippen molar-refractivity contribution < 1.29 is 9.90 Å². The van der Waals surface area contributed by atoms with Gasteiger partial charge in [0.2, 0.25) is 0 Å². The molecule has 1 aliphatic heterocycles. The van der Waals surface area contributed by atoms with Crippen LogP contribution in [0, 0.1) is 11.8 Å². The van der Waals surface area contributed by atoms with Crippen LogP contribution >= 0.6 is 36.4 Å². The van der Waals surface area contributed by atoms with Crippen LogP contribution < -0.4 is 0 Å². The third-order valence-corrected chi connectivity index (χ3v) is 5.45. The van der Waals surface area contributed by atoms with Crippen LogP contribution in [0.5, 0.6) is 0 Å². The summed E-state index contributed by atoms with van der Waals surface area (Å²) in [6.07, 6.45) is 7.22. The average Bonchev–Trinajstić information content (AvgIpc) is 2.58. The van der Waals surface area contributed by atoms with E-state index in [2.05, 4.69) is 24.0 Å². The zero-order valence-electron chi connectivity index (χ0n) is 15.5. The van der Waals surface area contributed by atoms with Gasteiger partial charge in [-0.15, -0.1) is 24.8 Å². The molecule has 0 aromatic heterocycles. The second-order valence-corrected chi connectivity index (χ2v) is 7.52. The first-order valence-corrected chi connectivity index (χ1v) is 9.66. The largest absolute Gasteiger partial charge is 0.481 e. The smallest absolute Gasteiger partial charge is 0.306 e. The quantitative estimate of drug-likeness (QED) is 0.551. The standard InChI is InChI=1S/C20H30ClNO2.2ClH/c1-2-3-4-18(20(23)24)11-14-22-12-9-17(10-13-22)15-16-5-7-19(21)8-6-16;;/h5-8,17-18H,2-4,9-15H2,1H3,(H,23,24);2*1H. The molecule has 1 aliphatic rings. The van der Waals surface area contributed by atoms with Crippen molar-refractivity contribution in [3.05, 3.63) is 34.9 Å². The summed E-state index contributed by atoms with van der Waals surface area (Å²) in [5.74, 6) is -0.0596. The summed E-state index contributed by atoms with van der Waals surface area (Å²) in [6.45, 7) is 5.23. The lowest BCUT2D eigenvalue weighted by molar-refractivity contribution is -0.142. The lowest BCUT2D eigenvalue weighted by Crippen LogP contribution is -2.36. The van der Waals surface area contributed by atoms with Gasteiger partial charge in [-0.3, -0.25) is 4.79 Å². The predicted molar refractivity (Wildman–Crippen MR) is 114 cm³/mol. The monoisotopic (exact) mass is 423 g/mol. The molecule has 150 valence electrons. The number of benzene rings is 1. The Morgan fingerprint density at radius 1 is 1.19 bits per heavy atom. The normalized spacial score (nSPS) is 16.4. The van der Waals surface area contributed by atoms with Crippen molar-refractivity contribution >= 4 is 42.4 Å². The molecule has 1 fully saturated rings. The fourth-order valence-corrected chi connectivity index (χ4v) is 3.67. The Bertz CT molecular complexity index is 502. The molecule has 6 heteroatoms. The molecule has 1 N–H and O–H groups in total. The van der Waals surface area contributed by atoms with Gasteiger partial charge in [0.15, 0.2) is 0 Å². The molecule has 1 heterocycles. The Morgan fingerprint density at radius 3 is 2.35 bits per heavy atom. The highest BCUT2D eigenvalue weighted by Crippen LogP contribution is 2.23. The molecule has 0 bridgehead atoms. The van der Waals surface area contributed by atoms with E-state index < -0.39 is 5.97 Å².